The van der Waals surface area contributed by atoms with E-state index in [0.29, 0.717) is 10.7 Å². The Morgan fingerprint density at radius 3 is 2.55 bits per heavy atom. The molecule has 0 spiro atoms. The van der Waals surface area contributed by atoms with E-state index < -0.39 is 23.0 Å². The lowest BCUT2D eigenvalue weighted by atomic mass is 10.1. The Kier molecular flexibility index (Phi) is 7.21. The second kappa shape index (κ2) is 10.4. The lowest BCUT2D eigenvalue weighted by Crippen LogP contribution is -2.46. The van der Waals surface area contributed by atoms with Gasteiger partial charge in [0.05, 0.1) is 35.4 Å². The van der Waals surface area contributed by atoms with E-state index in [1.807, 2.05) is 13.8 Å². The van der Waals surface area contributed by atoms with E-state index in [9.17, 15) is 9.59 Å². The predicted octanol–water partition coefficient (Wildman–Crippen LogP) is 5.84. The molecule has 1 saturated heterocycles. The number of halogens is 3. The van der Waals surface area contributed by atoms with Gasteiger partial charge in [0.25, 0.3) is 0 Å². The Balaban J connectivity index is 1.75. The number of anilines is 1. The molecule has 0 amide bonds. The van der Waals surface area contributed by atoms with E-state index in [0.717, 1.165) is 11.6 Å². The van der Waals surface area contributed by atoms with Crippen LogP contribution in [-0.4, -0.2) is 47.4 Å². The summed E-state index contributed by atoms with van der Waals surface area (Å²) < 4.78 is 43.9. The third kappa shape index (κ3) is 4.79. The van der Waals surface area contributed by atoms with Gasteiger partial charge in [0.15, 0.2) is 10.9 Å². The zero-order valence-electron chi connectivity index (χ0n) is 20.8. The van der Waals surface area contributed by atoms with Crippen LogP contribution in [0.3, 0.4) is 0 Å². The molecule has 198 valence electrons. The molecule has 3 heterocycles. The first-order valence-electron chi connectivity index (χ1n) is 12.0. The third-order valence-corrected chi connectivity index (χ3v) is 7.32. The summed E-state index contributed by atoms with van der Waals surface area (Å²) in [7, 11) is 0. The fraction of sp³-hybridized carbons (Fsp3) is 0.296. The number of rotatable bonds is 5. The number of morpholine rings is 1. The van der Waals surface area contributed by atoms with Crippen molar-refractivity contribution >= 4 is 45.5 Å². The average Bonchev–Trinajstić information content (AvgIpc) is 3.35. The number of ether oxygens (including phenoxy) is 2. The summed E-state index contributed by atoms with van der Waals surface area (Å²) >= 11 is 7.18. The van der Waals surface area contributed by atoms with Gasteiger partial charge in [-0.25, -0.2) is 18.6 Å². The van der Waals surface area contributed by atoms with Crippen LogP contribution in [0.1, 0.15) is 31.1 Å². The Bertz CT molecular complexity index is 1580. The first-order valence-corrected chi connectivity index (χ1v) is 13.3. The van der Waals surface area contributed by atoms with Crippen LogP contribution in [0.25, 0.3) is 27.3 Å². The van der Waals surface area contributed by atoms with E-state index in [1.165, 1.54) is 22.1 Å². The molecule has 0 N–H and O–H groups in total. The number of hydrogen-bond donors (Lipinski definition) is 0. The minimum Gasteiger partial charge on any atom is -0.462 e. The smallest absolute Gasteiger partial charge is 0.343 e. The number of pyridine rings is 1. The zero-order chi connectivity index (χ0) is 27.1. The van der Waals surface area contributed by atoms with Crippen LogP contribution >= 0.6 is 22.9 Å². The van der Waals surface area contributed by atoms with Crippen LogP contribution < -0.4 is 10.3 Å². The molecule has 2 atom stereocenters. The number of thiazole rings is 1. The van der Waals surface area contributed by atoms with Crippen LogP contribution in [0.15, 0.2) is 46.7 Å². The number of carbonyl (C=O) groups is 1. The number of hydrogen-bond acceptors (Lipinski definition) is 7. The monoisotopic (exact) mass is 559 g/mol. The minimum atomic E-state index is -0.919. The second-order valence-electron chi connectivity index (χ2n) is 9.06. The van der Waals surface area contributed by atoms with Crippen molar-refractivity contribution in [1.82, 2.24) is 9.55 Å². The van der Waals surface area contributed by atoms with Gasteiger partial charge in [-0.1, -0.05) is 23.7 Å². The largest absolute Gasteiger partial charge is 0.462 e. The molecular formula is C27H24ClF2N3O4S. The van der Waals surface area contributed by atoms with E-state index in [4.69, 9.17) is 21.1 Å². The van der Waals surface area contributed by atoms with E-state index >= 15 is 8.78 Å². The third-order valence-electron chi connectivity index (χ3n) is 6.23. The van der Waals surface area contributed by atoms with Crippen LogP contribution in [0.2, 0.25) is 5.02 Å². The molecule has 0 radical (unpaired) electrons. The number of nitrogens with zero attached hydrogens (tertiary/aromatic N) is 3. The lowest BCUT2D eigenvalue weighted by molar-refractivity contribution is -0.00557. The van der Waals surface area contributed by atoms with Crippen LogP contribution in [-0.2, 0) is 9.47 Å². The normalized spacial score (nSPS) is 17.7. The molecule has 7 nitrogen and oxygen atoms in total. The van der Waals surface area contributed by atoms with Crippen LogP contribution in [0.4, 0.5) is 14.5 Å². The highest BCUT2D eigenvalue weighted by Crippen LogP contribution is 2.34. The number of aromatic nitrogens is 2. The topological polar surface area (TPSA) is 73.7 Å². The Morgan fingerprint density at radius 2 is 1.89 bits per heavy atom. The van der Waals surface area contributed by atoms with Gasteiger partial charge in [0.1, 0.15) is 17.1 Å². The summed E-state index contributed by atoms with van der Waals surface area (Å²) in [6.07, 6.45) is 0.715. The van der Waals surface area contributed by atoms with E-state index in [1.54, 1.807) is 41.5 Å². The Hall–Kier alpha value is -3.34. The van der Waals surface area contributed by atoms with Gasteiger partial charge in [0.2, 0.25) is 5.43 Å². The molecule has 1 fully saturated rings. The molecule has 11 heteroatoms. The Labute approximate surface area is 226 Å². The number of benzene rings is 2. The van der Waals surface area contributed by atoms with Crippen molar-refractivity contribution in [3.63, 3.8) is 0 Å². The number of fused-ring (bicyclic) bond motifs is 1. The summed E-state index contributed by atoms with van der Waals surface area (Å²) in [5.41, 5.74) is -0.240. The first-order chi connectivity index (χ1) is 18.2. The zero-order valence-corrected chi connectivity index (χ0v) is 22.4. The maximum absolute atomic E-state index is 16.3. The molecule has 0 saturated carbocycles. The maximum atomic E-state index is 16.3. The molecule has 1 aliphatic heterocycles. The predicted molar refractivity (Wildman–Crippen MR) is 144 cm³/mol. The summed E-state index contributed by atoms with van der Waals surface area (Å²) in [5.74, 6) is -2.71. The molecule has 0 aliphatic carbocycles. The van der Waals surface area contributed by atoms with Crippen molar-refractivity contribution < 1.29 is 23.0 Å². The van der Waals surface area contributed by atoms with Crippen molar-refractivity contribution in [1.29, 1.82) is 0 Å². The summed E-state index contributed by atoms with van der Waals surface area (Å²) in [5, 5.41) is 2.33. The van der Waals surface area contributed by atoms with Crippen LogP contribution in [0, 0.1) is 11.6 Å². The van der Waals surface area contributed by atoms with Crippen molar-refractivity contribution in [3.8, 4) is 16.4 Å². The van der Waals surface area contributed by atoms with Crippen molar-refractivity contribution in [2.24, 2.45) is 0 Å². The van der Waals surface area contributed by atoms with Crippen molar-refractivity contribution in [2.45, 2.75) is 33.0 Å². The molecule has 2 aromatic heterocycles. The van der Waals surface area contributed by atoms with Crippen LogP contribution in [0.5, 0.6) is 0 Å². The van der Waals surface area contributed by atoms with Gasteiger partial charge in [0, 0.05) is 35.3 Å². The number of carbonyl (C=O) groups excluding carboxylic acids is 1. The quantitative estimate of drug-likeness (QED) is 0.286. The summed E-state index contributed by atoms with van der Waals surface area (Å²) in [4.78, 5) is 32.1. The molecule has 1 aliphatic rings. The van der Waals surface area contributed by atoms with Gasteiger partial charge >= 0.3 is 5.97 Å². The van der Waals surface area contributed by atoms with Crippen molar-refractivity contribution in [2.75, 3.05) is 24.6 Å². The van der Waals surface area contributed by atoms with E-state index in [-0.39, 0.29) is 59.2 Å². The van der Waals surface area contributed by atoms with Gasteiger partial charge in [-0.2, -0.15) is 0 Å². The average molecular weight is 560 g/mol. The van der Waals surface area contributed by atoms with E-state index in [2.05, 4.69) is 4.98 Å². The molecule has 4 aromatic rings. The SMILES string of the molecule is CCOC(=O)c1cn(-c2nc(-c3ccc(Cl)cc3)cs2)c2c(F)c(N3C[C@@H](C)O[C@@H](C)C3)c(F)cc2c1=O. The number of esters is 1. The summed E-state index contributed by atoms with van der Waals surface area (Å²) in [6, 6.07) is 8.02. The molecule has 2 aromatic carbocycles. The highest BCUT2D eigenvalue weighted by atomic mass is 35.5. The standard InChI is InChI=1S/C27H24ClF2N3O4S/c1-4-36-26(35)19-12-33(27-31-21(13-38-27)16-5-7-17(28)8-6-16)23-18(25(19)34)9-20(29)24(22(23)30)32-10-14(2)37-15(3)11-32/h5-9,12-15H,4,10-11H2,1-3H3/t14-,15+. The minimum absolute atomic E-state index is 0.0311. The maximum Gasteiger partial charge on any atom is 0.343 e. The fourth-order valence-electron chi connectivity index (χ4n) is 4.69. The highest BCUT2D eigenvalue weighted by Gasteiger charge is 2.30. The van der Waals surface area contributed by atoms with Gasteiger partial charge in [-0.15, -0.1) is 11.3 Å². The molecule has 38 heavy (non-hydrogen) atoms. The molecule has 5 rings (SSSR count). The van der Waals surface area contributed by atoms with Gasteiger partial charge < -0.3 is 14.4 Å². The lowest BCUT2D eigenvalue weighted by Gasteiger charge is -2.37. The summed E-state index contributed by atoms with van der Waals surface area (Å²) in [6.45, 7) is 5.83. The van der Waals surface area contributed by atoms with Gasteiger partial charge in [-0.05, 0) is 39.0 Å². The van der Waals surface area contributed by atoms with Gasteiger partial charge in [-0.3, -0.25) is 9.36 Å². The molecular weight excluding hydrogens is 536 g/mol. The Morgan fingerprint density at radius 1 is 1.21 bits per heavy atom. The highest BCUT2D eigenvalue weighted by molar-refractivity contribution is 7.12. The molecule has 0 unspecified atom stereocenters. The second-order valence-corrected chi connectivity index (χ2v) is 10.3. The van der Waals surface area contributed by atoms with Crippen molar-refractivity contribution in [3.05, 3.63) is 74.4 Å². The first kappa shape index (κ1) is 26.3. The fourth-order valence-corrected chi connectivity index (χ4v) is 5.63. The molecule has 0 bridgehead atoms.